The van der Waals surface area contributed by atoms with Crippen LogP contribution < -0.4 is 0 Å². The Hall–Kier alpha value is -1.03. The van der Waals surface area contributed by atoms with Crippen LogP contribution in [0.25, 0.3) is 0 Å². The minimum absolute atomic E-state index is 0.0217. The fraction of sp³-hybridized carbons (Fsp3) is 0.333. The summed E-state index contributed by atoms with van der Waals surface area (Å²) in [5, 5.41) is 9.85. The molecular weight excluding hydrogens is 186 g/mol. The maximum absolute atomic E-state index is 11.1. The van der Waals surface area contributed by atoms with Crippen LogP contribution in [0.3, 0.4) is 0 Å². The van der Waals surface area contributed by atoms with E-state index in [1.807, 2.05) is 0 Å². The number of hydrogen-bond donors (Lipinski definition) is 1. The van der Waals surface area contributed by atoms with Gasteiger partial charge in [0.05, 0.1) is 12.1 Å². The van der Waals surface area contributed by atoms with Crippen LogP contribution in [0.2, 0.25) is 0 Å². The van der Waals surface area contributed by atoms with E-state index in [2.05, 4.69) is 11.6 Å². The number of ketones is 1. The Labute approximate surface area is 81.2 Å². The van der Waals surface area contributed by atoms with Crippen molar-refractivity contribution in [1.29, 1.82) is 0 Å². The zero-order valence-electron chi connectivity index (χ0n) is 7.63. The molecule has 13 heavy (non-hydrogen) atoms. The number of aliphatic hydroxyl groups excluding tert-OH is 1. The molecule has 3 nitrogen and oxygen atoms in total. The van der Waals surface area contributed by atoms with Crippen molar-refractivity contribution in [3.63, 3.8) is 0 Å². The lowest BCUT2D eigenvalue weighted by molar-refractivity contribution is -0.113. The van der Waals surface area contributed by atoms with E-state index in [0.717, 1.165) is 4.91 Å². The van der Waals surface area contributed by atoms with Crippen molar-refractivity contribution >= 4 is 22.6 Å². The minimum atomic E-state index is -0.166. The second kappa shape index (κ2) is 3.79. The maximum atomic E-state index is 11.1. The molecule has 1 aliphatic rings. The number of carbonyl (C=O) groups excluding carboxylic acids is 1. The zero-order valence-corrected chi connectivity index (χ0v) is 8.44. The van der Waals surface area contributed by atoms with Gasteiger partial charge < -0.3 is 5.11 Å². The van der Waals surface area contributed by atoms with Gasteiger partial charge in [0.1, 0.15) is 10.8 Å². The predicted molar refractivity (Wildman–Crippen MR) is 55.0 cm³/mol. The number of nitrogens with zero attached hydrogens (tertiary/aromatic N) is 1. The van der Waals surface area contributed by atoms with Gasteiger partial charge in [0, 0.05) is 4.91 Å². The molecule has 70 valence electrons. The summed E-state index contributed by atoms with van der Waals surface area (Å²) in [7, 11) is 0. The molecule has 0 aromatic rings. The molecule has 0 bridgehead atoms. The highest BCUT2D eigenvalue weighted by molar-refractivity contribution is 8.18. The molecule has 1 heterocycles. The fourth-order valence-corrected chi connectivity index (χ4v) is 1.98. The van der Waals surface area contributed by atoms with E-state index in [0.29, 0.717) is 17.2 Å². The first-order valence-corrected chi connectivity index (χ1v) is 4.65. The molecule has 1 N–H and O–H groups in total. The third kappa shape index (κ3) is 2.21. The van der Waals surface area contributed by atoms with Crippen LogP contribution in [-0.2, 0) is 4.79 Å². The molecule has 0 saturated carbocycles. The molecule has 1 aliphatic heterocycles. The number of allylic oxidation sites excluding steroid dienone is 1. The molecule has 0 fully saturated rings. The molecular formula is C9H11NO2S. The zero-order chi connectivity index (χ0) is 10.0. The topological polar surface area (TPSA) is 49.7 Å². The lowest BCUT2D eigenvalue weighted by Gasteiger charge is -2.02. The van der Waals surface area contributed by atoms with Crippen molar-refractivity contribution in [3.8, 4) is 0 Å². The molecule has 0 saturated heterocycles. The Balaban J connectivity index is 2.99. The third-order valence-corrected chi connectivity index (χ3v) is 2.51. The highest BCUT2D eigenvalue weighted by Gasteiger charge is 2.20. The lowest BCUT2D eigenvalue weighted by atomic mass is 10.2. The number of hydrogen-bond acceptors (Lipinski definition) is 4. The second-order valence-electron chi connectivity index (χ2n) is 2.78. The van der Waals surface area contributed by atoms with Gasteiger partial charge >= 0.3 is 0 Å². The largest absolute Gasteiger partial charge is 0.512 e. The van der Waals surface area contributed by atoms with Crippen LogP contribution >= 0.6 is 11.8 Å². The van der Waals surface area contributed by atoms with Gasteiger partial charge in [-0.1, -0.05) is 18.3 Å². The molecule has 0 aliphatic carbocycles. The van der Waals surface area contributed by atoms with E-state index in [-0.39, 0.29) is 11.5 Å². The highest BCUT2D eigenvalue weighted by atomic mass is 32.2. The van der Waals surface area contributed by atoms with Crippen molar-refractivity contribution in [2.24, 2.45) is 4.99 Å². The number of aliphatic hydroxyl groups is 1. The number of thioether (sulfide) groups is 1. The summed E-state index contributed by atoms with van der Waals surface area (Å²) in [6.45, 7) is 7.17. The summed E-state index contributed by atoms with van der Waals surface area (Å²) < 4.78 is 0. The average molecular weight is 197 g/mol. The summed E-state index contributed by atoms with van der Waals surface area (Å²) in [6, 6.07) is 0. The van der Waals surface area contributed by atoms with Gasteiger partial charge in [0.2, 0.25) is 0 Å². The van der Waals surface area contributed by atoms with Gasteiger partial charge in [-0.2, -0.15) is 0 Å². The van der Waals surface area contributed by atoms with Crippen LogP contribution in [0.4, 0.5) is 0 Å². The van der Waals surface area contributed by atoms with Crippen LogP contribution in [0, 0.1) is 0 Å². The van der Waals surface area contributed by atoms with E-state index in [1.54, 1.807) is 0 Å². The van der Waals surface area contributed by atoms with E-state index >= 15 is 0 Å². The average Bonchev–Trinajstić information content (AvgIpc) is 2.34. The fourth-order valence-electron chi connectivity index (χ4n) is 1.05. The van der Waals surface area contributed by atoms with Gasteiger partial charge in [-0.3, -0.25) is 9.79 Å². The van der Waals surface area contributed by atoms with Crippen molar-refractivity contribution in [2.45, 2.75) is 13.8 Å². The first-order valence-electron chi connectivity index (χ1n) is 3.83. The Kier molecular flexibility index (Phi) is 2.93. The van der Waals surface area contributed by atoms with Crippen LogP contribution in [0.1, 0.15) is 13.8 Å². The predicted octanol–water partition coefficient (Wildman–Crippen LogP) is 2.07. The Morgan fingerprint density at radius 2 is 2.23 bits per heavy atom. The molecule has 0 aromatic carbocycles. The second-order valence-corrected chi connectivity index (χ2v) is 3.95. The summed E-state index contributed by atoms with van der Waals surface area (Å²) in [4.78, 5) is 16.1. The molecule has 0 amide bonds. The SMILES string of the molecule is C=C1CN=C(/C(C(C)=O)=C(/C)O)S1. The van der Waals surface area contributed by atoms with Crippen LogP contribution in [0.5, 0.6) is 0 Å². The smallest absolute Gasteiger partial charge is 0.165 e. The van der Waals surface area contributed by atoms with Crippen molar-refractivity contribution in [3.05, 3.63) is 22.8 Å². The van der Waals surface area contributed by atoms with Crippen molar-refractivity contribution in [1.82, 2.24) is 0 Å². The summed E-state index contributed by atoms with van der Waals surface area (Å²) in [5.74, 6) is -0.144. The van der Waals surface area contributed by atoms with E-state index in [1.165, 1.54) is 25.6 Å². The van der Waals surface area contributed by atoms with Crippen molar-refractivity contribution in [2.75, 3.05) is 6.54 Å². The van der Waals surface area contributed by atoms with Gasteiger partial charge in [0.15, 0.2) is 5.78 Å². The van der Waals surface area contributed by atoms with E-state index in [4.69, 9.17) is 0 Å². The standard InChI is InChI=1S/C9H11NO2S/c1-5-4-10-9(13-5)8(6(2)11)7(3)12/h11H,1,4H2,2-3H3/b8-6-. The van der Waals surface area contributed by atoms with Crippen LogP contribution in [0.15, 0.2) is 27.8 Å². The Bertz CT molecular complexity index is 325. The molecule has 4 heteroatoms. The summed E-state index contributed by atoms with van der Waals surface area (Å²) >= 11 is 1.35. The quantitative estimate of drug-likeness (QED) is 0.544. The van der Waals surface area contributed by atoms with Crippen LogP contribution in [-0.4, -0.2) is 22.5 Å². The number of Topliss-reactive ketones (excluding diaryl/α,β-unsaturated/α-hetero) is 1. The lowest BCUT2D eigenvalue weighted by Crippen LogP contribution is -2.07. The molecule has 0 aromatic heterocycles. The molecule has 1 rings (SSSR count). The molecule has 0 spiro atoms. The Morgan fingerprint density at radius 1 is 1.62 bits per heavy atom. The number of carbonyl (C=O) groups is 1. The van der Waals surface area contributed by atoms with Gasteiger partial charge in [-0.05, 0) is 13.8 Å². The summed E-state index contributed by atoms with van der Waals surface area (Å²) in [6.07, 6.45) is 0. The first kappa shape index (κ1) is 10.1. The van der Waals surface area contributed by atoms with E-state index < -0.39 is 0 Å². The number of aliphatic imine (C=N–C) groups is 1. The van der Waals surface area contributed by atoms with Crippen molar-refractivity contribution < 1.29 is 9.90 Å². The normalized spacial score (nSPS) is 18.3. The third-order valence-electron chi connectivity index (χ3n) is 1.57. The maximum Gasteiger partial charge on any atom is 0.165 e. The molecule has 0 radical (unpaired) electrons. The molecule has 0 atom stereocenters. The van der Waals surface area contributed by atoms with Gasteiger partial charge in [0.25, 0.3) is 0 Å². The monoisotopic (exact) mass is 197 g/mol. The number of rotatable bonds is 2. The Morgan fingerprint density at radius 3 is 2.54 bits per heavy atom. The summed E-state index contributed by atoms with van der Waals surface area (Å²) in [5.41, 5.74) is 0.309. The minimum Gasteiger partial charge on any atom is -0.512 e. The first-order chi connectivity index (χ1) is 6.02. The van der Waals surface area contributed by atoms with E-state index in [9.17, 15) is 9.90 Å². The van der Waals surface area contributed by atoms with Gasteiger partial charge in [-0.25, -0.2) is 0 Å². The van der Waals surface area contributed by atoms with Gasteiger partial charge in [-0.15, -0.1) is 0 Å². The highest BCUT2D eigenvalue weighted by Crippen LogP contribution is 2.28. The molecule has 0 unspecified atom stereocenters.